The van der Waals surface area contributed by atoms with Crippen LogP contribution in [-0.2, 0) is 0 Å². The van der Waals surface area contributed by atoms with Gasteiger partial charge in [-0.1, -0.05) is 13.3 Å². The predicted molar refractivity (Wildman–Crippen MR) is 48.2 cm³/mol. The van der Waals surface area contributed by atoms with Crippen molar-refractivity contribution in [2.24, 2.45) is 0 Å². The van der Waals surface area contributed by atoms with E-state index in [0.717, 1.165) is 13.1 Å². The summed E-state index contributed by atoms with van der Waals surface area (Å²) in [6.45, 7) is 4.37. The van der Waals surface area contributed by atoms with Crippen molar-refractivity contribution in [2.45, 2.75) is 19.8 Å². The molecule has 0 aromatic carbocycles. The lowest BCUT2D eigenvalue weighted by molar-refractivity contribution is 0.658. The quantitative estimate of drug-likeness (QED) is 0.589. The Labute approximate surface area is 70.6 Å². The van der Waals surface area contributed by atoms with Gasteiger partial charge in [0.2, 0.25) is 0 Å². The van der Waals surface area contributed by atoms with Gasteiger partial charge in [0.1, 0.15) is 0 Å². The zero-order chi connectivity index (χ0) is 7.94. The molecule has 1 heteroatoms. The average molecular weight is 150 g/mol. The van der Waals surface area contributed by atoms with Gasteiger partial charge in [-0.2, -0.15) is 0 Å². The van der Waals surface area contributed by atoms with E-state index in [1.165, 1.54) is 18.8 Å². The highest BCUT2D eigenvalue weighted by atomic mass is 14.9. The molecule has 0 amide bonds. The molecule has 0 aromatic heterocycles. The summed E-state index contributed by atoms with van der Waals surface area (Å²) in [6.07, 6.45) is 11.0. The van der Waals surface area contributed by atoms with Crippen molar-refractivity contribution in [3.63, 3.8) is 0 Å². The first-order valence-electron chi connectivity index (χ1n) is 4.35. The van der Waals surface area contributed by atoms with Crippen molar-refractivity contribution in [1.29, 1.82) is 0 Å². The van der Waals surface area contributed by atoms with Gasteiger partial charge in [-0.05, 0) is 44.6 Å². The van der Waals surface area contributed by atoms with Crippen LogP contribution >= 0.6 is 0 Å². The summed E-state index contributed by atoms with van der Waals surface area (Å²) in [5.41, 5.74) is 0. The maximum absolute atomic E-state index is 3.39. The van der Waals surface area contributed by atoms with Crippen LogP contribution < -0.4 is 5.32 Å². The first-order valence-corrected chi connectivity index (χ1v) is 4.35. The Morgan fingerprint density at radius 1 is 1.27 bits per heavy atom. The number of unbranched alkanes of at least 4 members (excludes halogenated alkanes) is 1. The largest absolute Gasteiger partial charge is 0.316 e. The Morgan fingerprint density at radius 3 is 2.64 bits per heavy atom. The summed E-state index contributed by atoms with van der Waals surface area (Å²) in [5, 5.41) is 3.39. The maximum atomic E-state index is 3.39. The molecule has 1 aliphatic rings. The van der Waals surface area contributed by atoms with E-state index in [2.05, 4.69) is 37.9 Å². The molecule has 0 spiro atoms. The van der Waals surface area contributed by atoms with Gasteiger partial charge in [-0.3, -0.25) is 0 Å². The SMILES string of the molecule is CCCCNC[C]1[CH][CH][CH][CH]1. The molecule has 0 heterocycles. The molecule has 0 saturated heterocycles. The van der Waals surface area contributed by atoms with E-state index in [4.69, 9.17) is 0 Å². The van der Waals surface area contributed by atoms with Crippen LogP contribution in [0.5, 0.6) is 0 Å². The zero-order valence-corrected chi connectivity index (χ0v) is 7.14. The number of nitrogens with one attached hydrogen (secondary N) is 1. The molecule has 0 atom stereocenters. The highest BCUT2D eigenvalue weighted by Crippen LogP contribution is 2.21. The van der Waals surface area contributed by atoms with Gasteiger partial charge in [0.05, 0.1) is 0 Å². The van der Waals surface area contributed by atoms with E-state index in [1.807, 2.05) is 0 Å². The fraction of sp³-hybridized carbons (Fsp3) is 0.500. The second kappa shape index (κ2) is 5.59. The third kappa shape index (κ3) is 3.76. The zero-order valence-electron chi connectivity index (χ0n) is 7.14. The Kier molecular flexibility index (Phi) is 4.60. The monoisotopic (exact) mass is 150 g/mol. The molecule has 1 N–H and O–H groups in total. The fourth-order valence-electron chi connectivity index (χ4n) is 1.07. The topological polar surface area (TPSA) is 12.0 Å². The molecule has 0 aliphatic heterocycles. The van der Waals surface area contributed by atoms with Crippen LogP contribution in [0.25, 0.3) is 0 Å². The van der Waals surface area contributed by atoms with Crippen LogP contribution in [0.15, 0.2) is 0 Å². The normalized spacial score (nSPS) is 19.4. The molecular weight excluding hydrogens is 134 g/mol. The second-order valence-corrected chi connectivity index (χ2v) is 2.82. The van der Waals surface area contributed by atoms with Gasteiger partial charge in [0.25, 0.3) is 0 Å². The molecule has 0 unspecified atom stereocenters. The van der Waals surface area contributed by atoms with Crippen LogP contribution in [0.3, 0.4) is 0 Å². The van der Waals surface area contributed by atoms with Gasteiger partial charge >= 0.3 is 0 Å². The van der Waals surface area contributed by atoms with Crippen molar-refractivity contribution in [1.82, 2.24) is 5.32 Å². The van der Waals surface area contributed by atoms with Crippen molar-refractivity contribution < 1.29 is 0 Å². The number of hydrogen-bond acceptors (Lipinski definition) is 1. The molecule has 0 bridgehead atoms. The van der Waals surface area contributed by atoms with Crippen molar-refractivity contribution >= 4 is 0 Å². The van der Waals surface area contributed by atoms with E-state index >= 15 is 0 Å². The second-order valence-electron chi connectivity index (χ2n) is 2.82. The molecule has 1 saturated carbocycles. The molecular formula is C10H16N. The average Bonchev–Trinajstić information content (AvgIpc) is 2.50. The molecule has 1 aliphatic carbocycles. The summed E-state index contributed by atoms with van der Waals surface area (Å²) in [4.78, 5) is 0. The highest BCUT2D eigenvalue weighted by molar-refractivity contribution is 5.35. The van der Waals surface area contributed by atoms with Crippen LogP contribution in [0.1, 0.15) is 19.8 Å². The molecule has 0 aromatic rings. The fourth-order valence-corrected chi connectivity index (χ4v) is 1.07. The minimum Gasteiger partial charge on any atom is -0.316 e. The minimum atomic E-state index is 1.02. The van der Waals surface area contributed by atoms with Crippen LogP contribution in [-0.4, -0.2) is 13.1 Å². The summed E-state index contributed by atoms with van der Waals surface area (Å²) in [7, 11) is 0. The van der Waals surface area contributed by atoms with Crippen LogP contribution in [0, 0.1) is 31.6 Å². The lowest BCUT2D eigenvalue weighted by atomic mass is 10.1. The first-order chi connectivity index (χ1) is 5.43. The maximum Gasteiger partial charge on any atom is 0.00196 e. The van der Waals surface area contributed by atoms with E-state index in [9.17, 15) is 0 Å². The summed E-state index contributed by atoms with van der Waals surface area (Å²) >= 11 is 0. The van der Waals surface area contributed by atoms with Crippen molar-refractivity contribution in [3.8, 4) is 0 Å². The van der Waals surface area contributed by atoms with E-state index in [1.54, 1.807) is 0 Å². The van der Waals surface area contributed by atoms with Gasteiger partial charge in [0, 0.05) is 6.54 Å². The first kappa shape index (κ1) is 9.05. The van der Waals surface area contributed by atoms with E-state index in [0.29, 0.717) is 0 Å². The lowest BCUT2D eigenvalue weighted by Gasteiger charge is -2.08. The summed E-state index contributed by atoms with van der Waals surface area (Å²) in [5.74, 6) is 1.39. The standard InChI is InChI=1S/C10H16N/c1-2-3-8-11-9-10-6-4-5-7-10/h4-7,11H,2-3,8-9H2,1H3. The Morgan fingerprint density at radius 2 is 2.00 bits per heavy atom. The summed E-state index contributed by atoms with van der Waals surface area (Å²) < 4.78 is 0. The molecule has 1 fully saturated rings. The third-order valence-corrected chi connectivity index (χ3v) is 1.77. The Bertz CT molecular complexity index is 84.9. The van der Waals surface area contributed by atoms with Crippen LogP contribution in [0.4, 0.5) is 0 Å². The minimum absolute atomic E-state index is 1.02. The van der Waals surface area contributed by atoms with E-state index in [-0.39, 0.29) is 0 Å². The Hall–Kier alpha value is -0.0400. The van der Waals surface area contributed by atoms with Gasteiger partial charge in [-0.25, -0.2) is 0 Å². The van der Waals surface area contributed by atoms with Gasteiger partial charge in [-0.15, -0.1) is 0 Å². The summed E-state index contributed by atoms with van der Waals surface area (Å²) in [6, 6.07) is 0. The molecule has 1 rings (SSSR count). The van der Waals surface area contributed by atoms with Crippen molar-refractivity contribution in [3.05, 3.63) is 31.6 Å². The number of rotatable bonds is 5. The number of hydrogen-bond donors (Lipinski definition) is 1. The smallest absolute Gasteiger partial charge is 0.00196 e. The third-order valence-electron chi connectivity index (χ3n) is 1.77. The lowest BCUT2D eigenvalue weighted by Crippen LogP contribution is -2.21. The predicted octanol–water partition coefficient (Wildman–Crippen LogP) is 1.78. The molecule has 1 nitrogen and oxygen atoms in total. The molecule has 5 radical (unpaired) electrons. The van der Waals surface area contributed by atoms with Gasteiger partial charge < -0.3 is 5.32 Å². The van der Waals surface area contributed by atoms with Crippen molar-refractivity contribution in [2.75, 3.05) is 13.1 Å². The Balaban J connectivity index is 1.86. The van der Waals surface area contributed by atoms with E-state index < -0.39 is 0 Å². The van der Waals surface area contributed by atoms with Gasteiger partial charge in [0.15, 0.2) is 0 Å². The van der Waals surface area contributed by atoms with Crippen LogP contribution in [0.2, 0.25) is 0 Å². The molecule has 11 heavy (non-hydrogen) atoms. The highest BCUT2D eigenvalue weighted by Gasteiger charge is 2.15. The molecule has 61 valence electrons.